The largest absolute Gasteiger partial charge is 0.363 e. The first-order valence-corrected chi connectivity index (χ1v) is 9.97. The van der Waals surface area contributed by atoms with Crippen LogP contribution in [-0.4, -0.2) is 60.1 Å². The molecule has 30 heavy (non-hydrogen) atoms. The van der Waals surface area contributed by atoms with Gasteiger partial charge in [-0.1, -0.05) is 30.4 Å². The summed E-state index contributed by atoms with van der Waals surface area (Å²) in [6.45, 7) is 12.5. The average Bonchev–Trinajstić information content (AvgIpc) is 2.74. The van der Waals surface area contributed by atoms with E-state index in [0.717, 1.165) is 0 Å². The topological polar surface area (TPSA) is 84.9 Å². The molecule has 0 saturated carbocycles. The first-order valence-electron chi connectivity index (χ1n) is 9.97. The van der Waals surface area contributed by atoms with Gasteiger partial charge in [0.15, 0.2) is 0 Å². The van der Waals surface area contributed by atoms with E-state index in [2.05, 4.69) is 18.5 Å². The van der Waals surface area contributed by atoms with Gasteiger partial charge in [0.05, 0.1) is 19.8 Å². The van der Waals surface area contributed by atoms with Gasteiger partial charge in [0, 0.05) is 24.9 Å². The quantitative estimate of drug-likeness (QED) is 0.591. The molecule has 2 saturated heterocycles. The van der Waals surface area contributed by atoms with Gasteiger partial charge < -0.3 is 14.8 Å². The van der Waals surface area contributed by atoms with Crippen LogP contribution in [0, 0.1) is 0 Å². The average molecular weight is 415 g/mol. The molecule has 0 aliphatic carbocycles. The number of amides is 3. The van der Waals surface area contributed by atoms with Crippen LogP contribution in [-0.2, 0) is 19.1 Å². The molecule has 0 unspecified atom stereocenters. The van der Waals surface area contributed by atoms with Crippen LogP contribution in [0.3, 0.4) is 0 Å². The molecule has 0 aromatic heterocycles. The number of rotatable bonds is 5. The second-order valence-electron chi connectivity index (χ2n) is 7.53. The van der Waals surface area contributed by atoms with Gasteiger partial charge in [-0.25, -0.2) is 0 Å². The van der Waals surface area contributed by atoms with Crippen molar-refractivity contribution in [3.8, 4) is 0 Å². The van der Waals surface area contributed by atoms with Crippen LogP contribution in [0.15, 0.2) is 55.6 Å². The molecular weight excluding hydrogens is 384 g/mol. The molecular formula is C23H30N2O5. The van der Waals surface area contributed by atoms with E-state index >= 15 is 0 Å². The van der Waals surface area contributed by atoms with Crippen molar-refractivity contribution in [2.75, 3.05) is 26.3 Å². The minimum atomic E-state index is -0.982. The zero-order chi connectivity index (χ0) is 22.2. The summed E-state index contributed by atoms with van der Waals surface area (Å²) in [5, 5.41) is 2.75. The van der Waals surface area contributed by atoms with Crippen molar-refractivity contribution in [1.82, 2.24) is 10.2 Å². The maximum atomic E-state index is 12.4. The molecule has 1 aromatic rings. The Balaban J connectivity index is 0.000000248. The molecule has 0 spiro atoms. The Morgan fingerprint density at radius 1 is 1.07 bits per heavy atom. The zero-order valence-corrected chi connectivity index (χ0v) is 17.7. The Morgan fingerprint density at radius 3 is 2.27 bits per heavy atom. The maximum Gasteiger partial charge on any atom is 0.261 e. The third kappa shape index (κ3) is 5.43. The van der Waals surface area contributed by atoms with Crippen molar-refractivity contribution >= 4 is 17.7 Å². The zero-order valence-electron chi connectivity index (χ0n) is 17.7. The van der Waals surface area contributed by atoms with E-state index in [1.165, 1.54) is 4.90 Å². The highest BCUT2D eigenvalue weighted by Gasteiger charge is 2.42. The number of nitrogens with zero attached hydrogens (tertiary/aromatic N) is 1. The number of imide groups is 1. The lowest BCUT2D eigenvalue weighted by atomic mass is 9.98. The summed E-state index contributed by atoms with van der Waals surface area (Å²) < 4.78 is 10.9. The summed E-state index contributed by atoms with van der Waals surface area (Å²) in [6, 6.07) is 8.80. The highest BCUT2D eigenvalue weighted by Crippen LogP contribution is 2.24. The second-order valence-corrected chi connectivity index (χ2v) is 7.53. The molecule has 2 aliphatic heterocycles. The molecule has 3 amide bonds. The van der Waals surface area contributed by atoms with Gasteiger partial charge in [-0.05, 0) is 26.0 Å². The Labute approximate surface area is 177 Å². The van der Waals surface area contributed by atoms with Gasteiger partial charge >= 0.3 is 0 Å². The van der Waals surface area contributed by atoms with Gasteiger partial charge in [-0.3, -0.25) is 19.3 Å². The highest BCUT2D eigenvalue weighted by atomic mass is 16.5. The Kier molecular flexibility index (Phi) is 8.08. The van der Waals surface area contributed by atoms with Crippen molar-refractivity contribution in [3.05, 3.63) is 61.2 Å². The Bertz CT molecular complexity index is 794. The minimum Gasteiger partial charge on any atom is -0.363 e. The lowest BCUT2D eigenvalue weighted by Gasteiger charge is -2.37. The van der Waals surface area contributed by atoms with Crippen LogP contribution in [0.4, 0.5) is 0 Å². The van der Waals surface area contributed by atoms with Crippen LogP contribution in [0.1, 0.15) is 37.0 Å². The van der Waals surface area contributed by atoms with Crippen LogP contribution in [0.25, 0.3) is 0 Å². The molecule has 1 N–H and O–H groups in total. The van der Waals surface area contributed by atoms with Gasteiger partial charge in [0.1, 0.15) is 11.2 Å². The number of ether oxygens (including phenoxy) is 2. The van der Waals surface area contributed by atoms with E-state index in [4.69, 9.17) is 9.47 Å². The SMILES string of the molecule is C=CC[C@]1(C)OCCN(C(=O)c2ccccc2)C1=O.C=CC[C@]1(C)OCCNC1=O. The molecule has 2 heterocycles. The van der Waals surface area contributed by atoms with Crippen LogP contribution < -0.4 is 5.32 Å². The molecule has 1 aromatic carbocycles. The summed E-state index contributed by atoms with van der Waals surface area (Å²) in [7, 11) is 0. The van der Waals surface area contributed by atoms with E-state index < -0.39 is 11.2 Å². The number of hydrogen-bond donors (Lipinski definition) is 1. The van der Waals surface area contributed by atoms with Crippen LogP contribution >= 0.6 is 0 Å². The number of hydrogen-bond acceptors (Lipinski definition) is 5. The smallest absolute Gasteiger partial charge is 0.261 e. The number of carbonyl (C=O) groups excluding carboxylic acids is 3. The van der Waals surface area contributed by atoms with Crippen LogP contribution in [0.2, 0.25) is 0 Å². The summed E-state index contributed by atoms with van der Waals surface area (Å²) in [5.74, 6) is -0.611. The maximum absolute atomic E-state index is 12.4. The summed E-state index contributed by atoms with van der Waals surface area (Å²) in [6.07, 6.45) is 4.29. The minimum absolute atomic E-state index is 0.0383. The number of morpholine rings is 2. The van der Waals surface area contributed by atoms with Gasteiger partial charge in [-0.2, -0.15) is 0 Å². The summed E-state index contributed by atoms with van der Waals surface area (Å²) in [4.78, 5) is 37.2. The van der Waals surface area contributed by atoms with E-state index in [0.29, 0.717) is 44.7 Å². The third-order valence-corrected chi connectivity index (χ3v) is 5.06. The predicted molar refractivity (Wildman–Crippen MR) is 114 cm³/mol. The van der Waals surface area contributed by atoms with E-state index in [-0.39, 0.29) is 17.7 Å². The normalized spacial score (nSPS) is 26.1. The van der Waals surface area contributed by atoms with Crippen molar-refractivity contribution in [3.63, 3.8) is 0 Å². The summed E-state index contributed by atoms with van der Waals surface area (Å²) >= 11 is 0. The second kappa shape index (κ2) is 10.3. The van der Waals surface area contributed by atoms with Crippen molar-refractivity contribution in [1.29, 1.82) is 0 Å². The number of nitrogens with one attached hydrogen (secondary N) is 1. The molecule has 3 rings (SSSR count). The molecule has 2 aliphatic rings. The van der Waals surface area contributed by atoms with E-state index in [1.807, 2.05) is 6.07 Å². The molecule has 162 valence electrons. The van der Waals surface area contributed by atoms with E-state index in [9.17, 15) is 14.4 Å². The molecule has 2 atom stereocenters. The molecule has 7 nitrogen and oxygen atoms in total. The lowest BCUT2D eigenvalue weighted by molar-refractivity contribution is -0.164. The Morgan fingerprint density at radius 2 is 1.67 bits per heavy atom. The van der Waals surface area contributed by atoms with Gasteiger partial charge in [-0.15, -0.1) is 13.2 Å². The fourth-order valence-electron chi connectivity index (χ4n) is 3.28. The van der Waals surface area contributed by atoms with Crippen molar-refractivity contribution in [2.45, 2.75) is 37.9 Å². The molecule has 7 heteroatoms. The van der Waals surface area contributed by atoms with Gasteiger partial charge in [0.25, 0.3) is 17.7 Å². The third-order valence-electron chi connectivity index (χ3n) is 5.06. The number of carbonyl (C=O) groups is 3. The summed E-state index contributed by atoms with van der Waals surface area (Å²) in [5.41, 5.74) is -1.15. The van der Waals surface area contributed by atoms with Crippen molar-refractivity contribution < 1.29 is 23.9 Å². The fraction of sp³-hybridized carbons (Fsp3) is 0.435. The van der Waals surface area contributed by atoms with Gasteiger partial charge in [0.2, 0.25) is 0 Å². The first-order chi connectivity index (χ1) is 14.3. The predicted octanol–water partition coefficient (Wildman–Crippen LogP) is 2.49. The van der Waals surface area contributed by atoms with Crippen LogP contribution in [0.5, 0.6) is 0 Å². The lowest BCUT2D eigenvalue weighted by Crippen LogP contribution is -2.56. The highest BCUT2D eigenvalue weighted by molar-refractivity contribution is 6.07. The molecule has 2 fully saturated rings. The van der Waals surface area contributed by atoms with E-state index in [1.54, 1.807) is 50.3 Å². The molecule has 0 radical (unpaired) electrons. The number of benzene rings is 1. The monoisotopic (exact) mass is 414 g/mol. The molecule has 0 bridgehead atoms. The first kappa shape index (κ1) is 23.5. The standard InChI is InChI=1S/C15H17NO3.C8H13NO2/c1-3-9-15(2)14(18)16(10-11-19-15)13(17)12-7-5-4-6-8-12;1-3-4-8(2)7(10)9-5-6-11-8/h3-8H,1,9-11H2,2H3;3H,1,4-6H2,2H3,(H,9,10)/t15-;8-/m00/s1. The fourth-order valence-corrected chi connectivity index (χ4v) is 3.28. The van der Waals surface area contributed by atoms with Crippen molar-refractivity contribution in [2.24, 2.45) is 0 Å². The Hall–Kier alpha value is -2.77.